The molecular weight excluding hydrogens is 310 g/mol. The first-order chi connectivity index (χ1) is 12.1. The Morgan fingerprint density at radius 1 is 1.20 bits per heavy atom. The molecule has 6 unspecified atom stereocenters. The summed E-state index contributed by atoms with van der Waals surface area (Å²) in [5, 5.41) is 0. The molecule has 0 radical (unpaired) electrons. The molecule has 3 aliphatic heterocycles. The Balaban J connectivity index is 1.54. The highest BCUT2D eigenvalue weighted by atomic mass is 16.6. The zero-order valence-corrected chi connectivity index (χ0v) is 15.7. The third kappa shape index (κ3) is 1.62. The van der Waals surface area contributed by atoms with Gasteiger partial charge in [-0.2, -0.15) is 0 Å². The number of hydrogen-bond acceptors (Lipinski definition) is 3. The Hall–Kier alpha value is -0.830. The molecule has 25 heavy (non-hydrogen) atoms. The Labute approximate surface area is 151 Å². The van der Waals surface area contributed by atoms with Crippen molar-refractivity contribution in [2.45, 2.75) is 82.9 Å². The molecule has 3 nitrogen and oxygen atoms in total. The standard InChI is InChI=1S/C22H31NO2/c1-13-12-23-19-16-5-3-4-14(16)6-7-17(19)21(2)22(11-9-18(24)25-21)10-8-15(13)20(22)23/h5,13-15,17,19-20H,3-4,6-12H2,1-2H3/t13?,14?,15?,17?,19?,20?,21-,22+/m1/s1. The van der Waals surface area contributed by atoms with E-state index in [2.05, 4.69) is 24.8 Å². The molecule has 6 rings (SSSR count). The van der Waals surface area contributed by atoms with Crippen molar-refractivity contribution in [1.82, 2.24) is 4.90 Å². The van der Waals surface area contributed by atoms with Crippen LogP contribution < -0.4 is 0 Å². The normalized spacial score (nSPS) is 56.6. The van der Waals surface area contributed by atoms with Gasteiger partial charge >= 0.3 is 5.97 Å². The second kappa shape index (κ2) is 4.71. The monoisotopic (exact) mass is 341 g/mol. The Morgan fingerprint density at radius 3 is 2.96 bits per heavy atom. The summed E-state index contributed by atoms with van der Waals surface area (Å²) in [5.41, 5.74) is 1.72. The quantitative estimate of drug-likeness (QED) is 0.494. The van der Waals surface area contributed by atoms with Gasteiger partial charge in [0.05, 0.1) is 0 Å². The van der Waals surface area contributed by atoms with Gasteiger partial charge in [0, 0.05) is 36.4 Å². The number of piperidine rings is 1. The van der Waals surface area contributed by atoms with Crippen molar-refractivity contribution in [2.75, 3.05) is 6.54 Å². The van der Waals surface area contributed by atoms with Crippen molar-refractivity contribution >= 4 is 5.97 Å². The van der Waals surface area contributed by atoms with Gasteiger partial charge < -0.3 is 4.74 Å². The topological polar surface area (TPSA) is 29.5 Å². The van der Waals surface area contributed by atoms with Gasteiger partial charge in [-0.1, -0.05) is 18.6 Å². The van der Waals surface area contributed by atoms with Crippen molar-refractivity contribution in [3.8, 4) is 0 Å². The zero-order valence-electron chi connectivity index (χ0n) is 15.7. The van der Waals surface area contributed by atoms with E-state index in [1.54, 1.807) is 5.57 Å². The second-order valence-electron chi connectivity index (χ2n) is 10.2. The van der Waals surface area contributed by atoms with E-state index in [-0.39, 0.29) is 17.0 Å². The summed E-state index contributed by atoms with van der Waals surface area (Å²) in [4.78, 5) is 15.3. The molecule has 0 aromatic rings. The van der Waals surface area contributed by atoms with Crippen LogP contribution in [0.5, 0.6) is 0 Å². The number of carbonyl (C=O) groups is 1. The number of nitrogens with zero attached hydrogens (tertiary/aromatic N) is 1. The van der Waals surface area contributed by atoms with Gasteiger partial charge in [0.15, 0.2) is 0 Å². The van der Waals surface area contributed by atoms with Crippen LogP contribution in [0.2, 0.25) is 0 Å². The van der Waals surface area contributed by atoms with Crippen molar-refractivity contribution < 1.29 is 9.53 Å². The van der Waals surface area contributed by atoms with Gasteiger partial charge in [0.1, 0.15) is 5.60 Å². The molecule has 8 atom stereocenters. The minimum Gasteiger partial charge on any atom is -0.458 e. The van der Waals surface area contributed by atoms with Crippen LogP contribution in [0.3, 0.4) is 0 Å². The van der Waals surface area contributed by atoms with Crippen molar-refractivity contribution in [1.29, 1.82) is 0 Å². The average molecular weight is 341 g/mol. The summed E-state index contributed by atoms with van der Waals surface area (Å²) in [6.45, 7) is 6.10. The van der Waals surface area contributed by atoms with E-state index >= 15 is 0 Å². The van der Waals surface area contributed by atoms with Crippen LogP contribution in [0.15, 0.2) is 11.6 Å². The van der Waals surface area contributed by atoms with E-state index in [1.165, 1.54) is 45.1 Å². The fourth-order valence-electron chi connectivity index (χ4n) is 8.62. The SMILES string of the molecule is CC1CN2C3C4=CCCC4CCC3[C@@]3(C)OC(=O)CC[C@]34CCC1C24. The maximum atomic E-state index is 12.4. The minimum absolute atomic E-state index is 0.0670. The summed E-state index contributed by atoms with van der Waals surface area (Å²) in [5.74, 6) is 3.01. The van der Waals surface area contributed by atoms with Gasteiger partial charge in [0.2, 0.25) is 0 Å². The van der Waals surface area contributed by atoms with Gasteiger partial charge in [-0.25, -0.2) is 0 Å². The predicted octanol–water partition coefficient (Wildman–Crippen LogP) is 3.93. The molecule has 0 N–H and O–H groups in total. The molecule has 3 heteroatoms. The lowest BCUT2D eigenvalue weighted by Crippen LogP contribution is -2.73. The van der Waals surface area contributed by atoms with Gasteiger partial charge in [-0.3, -0.25) is 9.69 Å². The summed E-state index contributed by atoms with van der Waals surface area (Å²) in [6.07, 6.45) is 12.1. The fraction of sp³-hybridized carbons (Fsp3) is 0.864. The van der Waals surface area contributed by atoms with Crippen molar-refractivity contribution in [3.05, 3.63) is 11.6 Å². The van der Waals surface area contributed by atoms with Crippen LogP contribution >= 0.6 is 0 Å². The Morgan fingerprint density at radius 2 is 2.08 bits per heavy atom. The lowest BCUT2D eigenvalue weighted by molar-refractivity contribution is -0.242. The van der Waals surface area contributed by atoms with E-state index in [4.69, 9.17) is 4.74 Å². The van der Waals surface area contributed by atoms with Gasteiger partial charge in [0.25, 0.3) is 0 Å². The molecule has 3 heterocycles. The van der Waals surface area contributed by atoms with E-state index in [0.717, 1.165) is 24.2 Å². The number of rotatable bonds is 0. The molecule has 3 saturated heterocycles. The maximum absolute atomic E-state index is 12.4. The first kappa shape index (κ1) is 15.2. The van der Waals surface area contributed by atoms with Crippen molar-refractivity contribution in [3.63, 3.8) is 0 Å². The van der Waals surface area contributed by atoms with Crippen LogP contribution in [-0.2, 0) is 9.53 Å². The third-order valence-corrected chi connectivity index (χ3v) is 9.55. The molecule has 2 saturated carbocycles. The number of esters is 1. The van der Waals surface area contributed by atoms with Crippen LogP contribution in [0.25, 0.3) is 0 Å². The molecule has 5 fully saturated rings. The summed E-state index contributed by atoms with van der Waals surface area (Å²) >= 11 is 0. The highest BCUT2D eigenvalue weighted by Crippen LogP contribution is 2.69. The molecule has 0 aromatic carbocycles. The molecule has 1 spiro atoms. The van der Waals surface area contributed by atoms with Gasteiger partial charge in [-0.15, -0.1) is 0 Å². The number of hydrogen-bond donors (Lipinski definition) is 0. The summed E-state index contributed by atoms with van der Waals surface area (Å²) in [7, 11) is 0. The average Bonchev–Trinajstić information content (AvgIpc) is 3.27. The van der Waals surface area contributed by atoms with Gasteiger partial charge in [-0.05, 0) is 69.6 Å². The van der Waals surface area contributed by atoms with Crippen LogP contribution in [-0.4, -0.2) is 35.1 Å². The molecule has 0 aromatic heterocycles. The van der Waals surface area contributed by atoms with Crippen LogP contribution in [0.4, 0.5) is 0 Å². The predicted molar refractivity (Wildman–Crippen MR) is 95.9 cm³/mol. The second-order valence-corrected chi connectivity index (χ2v) is 10.2. The van der Waals surface area contributed by atoms with Crippen LogP contribution in [0, 0.1) is 29.1 Å². The molecule has 6 aliphatic rings. The fourth-order valence-corrected chi connectivity index (χ4v) is 8.62. The smallest absolute Gasteiger partial charge is 0.306 e. The minimum atomic E-state index is -0.235. The largest absolute Gasteiger partial charge is 0.458 e. The molecule has 0 bridgehead atoms. The lowest BCUT2D eigenvalue weighted by atomic mass is 9.52. The van der Waals surface area contributed by atoms with E-state index < -0.39 is 0 Å². The van der Waals surface area contributed by atoms with Crippen molar-refractivity contribution in [2.24, 2.45) is 29.1 Å². The number of carbonyl (C=O) groups excluding carboxylic acids is 1. The number of ether oxygens (including phenoxy) is 1. The maximum Gasteiger partial charge on any atom is 0.306 e. The molecule has 136 valence electrons. The lowest BCUT2D eigenvalue weighted by Gasteiger charge is -2.65. The number of allylic oxidation sites excluding steroid dienone is 1. The van der Waals surface area contributed by atoms with Crippen LogP contribution in [0.1, 0.15) is 65.2 Å². The summed E-state index contributed by atoms with van der Waals surface area (Å²) in [6, 6.07) is 1.21. The summed E-state index contributed by atoms with van der Waals surface area (Å²) < 4.78 is 6.37. The third-order valence-electron chi connectivity index (χ3n) is 9.55. The number of fused-ring (bicyclic) bond motifs is 5. The molecule has 0 amide bonds. The first-order valence-electron chi connectivity index (χ1n) is 10.7. The molecule has 3 aliphatic carbocycles. The van der Waals surface area contributed by atoms with E-state index in [0.29, 0.717) is 24.4 Å². The van der Waals surface area contributed by atoms with E-state index in [1.807, 2.05) is 0 Å². The highest BCUT2D eigenvalue weighted by Gasteiger charge is 2.73. The Kier molecular flexibility index (Phi) is 2.87. The molecular formula is C22H31NO2. The Bertz CT molecular complexity index is 671. The highest BCUT2D eigenvalue weighted by molar-refractivity contribution is 5.71. The zero-order chi connectivity index (χ0) is 17.0. The van der Waals surface area contributed by atoms with E-state index in [9.17, 15) is 4.79 Å². The first-order valence-corrected chi connectivity index (χ1v) is 10.7.